The molecule has 1 aliphatic heterocycles. The summed E-state index contributed by atoms with van der Waals surface area (Å²) < 4.78 is 0. The molecule has 5 N–H and O–H groups in total. The van der Waals surface area contributed by atoms with Gasteiger partial charge in [0.05, 0.1) is 5.56 Å². The van der Waals surface area contributed by atoms with Gasteiger partial charge in [-0.05, 0) is 60.4 Å². The number of carbonyl (C=O) groups is 2. The number of hydrazine groups is 1. The lowest BCUT2D eigenvalue weighted by atomic mass is 9.93. The monoisotopic (exact) mass is 429 g/mol. The van der Waals surface area contributed by atoms with Crippen LogP contribution < -0.4 is 16.2 Å². The molecule has 1 aliphatic rings. The van der Waals surface area contributed by atoms with Crippen molar-refractivity contribution >= 4 is 23.1 Å². The predicted octanol–water partition coefficient (Wildman–Crippen LogP) is 3.65. The zero-order valence-electron chi connectivity index (χ0n) is 17.7. The molecule has 1 heterocycles. The number of aromatic hydroxyl groups is 2. The molecule has 0 spiro atoms. The topological polar surface area (TPSA) is 111 Å². The highest BCUT2D eigenvalue weighted by atomic mass is 16.3. The summed E-state index contributed by atoms with van der Waals surface area (Å²) in [5.41, 5.74) is 11.5. The molecule has 0 atom stereocenters. The zero-order chi connectivity index (χ0) is 22.8. The summed E-state index contributed by atoms with van der Waals surface area (Å²) in [6.07, 6.45) is 1.70. The van der Waals surface area contributed by atoms with Crippen LogP contribution in [0.15, 0.2) is 60.7 Å². The first-order valence-corrected chi connectivity index (χ1v) is 10.1. The fourth-order valence-electron chi connectivity index (χ4n) is 3.65. The molecule has 0 saturated carbocycles. The third kappa shape index (κ3) is 4.06. The van der Waals surface area contributed by atoms with Crippen molar-refractivity contribution in [2.24, 2.45) is 0 Å². The summed E-state index contributed by atoms with van der Waals surface area (Å²) in [7, 11) is 0. The highest BCUT2D eigenvalue weighted by Crippen LogP contribution is 2.39. The Morgan fingerprint density at radius 2 is 1.84 bits per heavy atom. The van der Waals surface area contributed by atoms with Crippen LogP contribution in [0.1, 0.15) is 27.0 Å². The fourth-order valence-corrected chi connectivity index (χ4v) is 3.65. The number of rotatable bonds is 5. The van der Waals surface area contributed by atoms with Gasteiger partial charge in [-0.15, -0.1) is 0 Å². The van der Waals surface area contributed by atoms with E-state index in [0.717, 1.165) is 22.4 Å². The number of phenols is 2. The van der Waals surface area contributed by atoms with Crippen LogP contribution in [0.3, 0.4) is 0 Å². The van der Waals surface area contributed by atoms with Gasteiger partial charge in [0.2, 0.25) is 0 Å². The molecular weight excluding hydrogens is 406 g/mol. The van der Waals surface area contributed by atoms with Gasteiger partial charge >= 0.3 is 0 Å². The number of amides is 2. The van der Waals surface area contributed by atoms with Gasteiger partial charge in [0.15, 0.2) is 0 Å². The third-order valence-corrected chi connectivity index (χ3v) is 5.48. The van der Waals surface area contributed by atoms with Crippen LogP contribution in [0, 0.1) is 13.8 Å². The van der Waals surface area contributed by atoms with E-state index in [9.17, 15) is 19.8 Å². The van der Waals surface area contributed by atoms with Gasteiger partial charge in [0, 0.05) is 23.4 Å². The molecule has 7 nitrogen and oxygen atoms in total. The number of nitrogens with one attached hydrogen (secondary N) is 3. The average Bonchev–Trinajstić information content (AvgIpc) is 3.09. The minimum Gasteiger partial charge on any atom is -0.508 e. The van der Waals surface area contributed by atoms with Gasteiger partial charge in [-0.25, -0.2) is 5.43 Å². The van der Waals surface area contributed by atoms with Crippen molar-refractivity contribution in [3.8, 4) is 22.6 Å². The van der Waals surface area contributed by atoms with E-state index in [1.807, 2.05) is 24.3 Å². The quantitative estimate of drug-likeness (QED) is 0.184. The second-order valence-corrected chi connectivity index (χ2v) is 7.64. The Kier molecular flexibility index (Phi) is 5.66. The normalized spacial score (nSPS) is 13.7. The molecule has 0 aliphatic carbocycles. The highest BCUT2D eigenvalue weighted by Gasteiger charge is 2.27. The Bertz CT molecular complexity index is 1260. The molecule has 7 heteroatoms. The number of fused-ring (bicyclic) bond motifs is 1. The smallest absolute Gasteiger partial charge is 0.269 e. The van der Waals surface area contributed by atoms with Crippen LogP contribution in [-0.2, 0) is 4.79 Å². The van der Waals surface area contributed by atoms with E-state index in [-0.39, 0.29) is 29.5 Å². The second-order valence-electron chi connectivity index (χ2n) is 7.64. The van der Waals surface area contributed by atoms with Gasteiger partial charge in [-0.3, -0.25) is 15.0 Å². The van der Waals surface area contributed by atoms with Crippen LogP contribution in [0.25, 0.3) is 16.7 Å². The average molecular weight is 429 g/mol. The van der Waals surface area contributed by atoms with E-state index >= 15 is 0 Å². The molecule has 3 aromatic carbocycles. The maximum absolute atomic E-state index is 12.6. The molecule has 32 heavy (non-hydrogen) atoms. The van der Waals surface area contributed by atoms with Crippen LogP contribution in [-0.4, -0.2) is 28.6 Å². The summed E-state index contributed by atoms with van der Waals surface area (Å²) in [4.78, 5) is 24.8. The number of hydrogen-bond acceptors (Lipinski definition) is 5. The van der Waals surface area contributed by atoms with E-state index in [4.69, 9.17) is 0 Å². The Labute approximate surface area is 185 Å². The van der Waals surface area contributed by atoms with Gasteiger partial charge < -0.3 is 15.5 Å². The minimum absolute atomic E-state index is 0.0638. The van der Waals surface area contributed by atoms with Gasteiger partial charge in [-0.2, -0.15) is 0 Å². The Morgan fingerprint density at radius 3 is 2.62 bits per heavy atom. The standard InChI is InChI=1S/C25H23N3O4/c1-14-6-7-16(12-15(14)2)18-4-3-5-21-23(18)19(24(31)27-21)10-11-26-28-25(32)20-13-17(29)8-9-22(20)30/h3-10,12-13,26,29-30H,11H2,1-2H3,(H,27,31)(H,28,32)/b19-10-. The molecular formula is C25H23N3O4. The number of aryl methyl sites for hydroxylation is 2. The Morgan fingerprint density at radius 1 is 1.03 bits per heavy atom. The maximum atomic E-state index is 12.6. The van der Waals surface area contributed by atoms with Gasteiger partial charge in [-0.1, -0.05) is 36.4 Å². The van der Waals surface area contributed by atoms with E-state index in [1.165, 1.54) is 29.3 Å². The number of benzene rings is 3. The number of hydrogen-bond donors (Lipinski definition) is 5. The van der Waals surface area contributed by atoms with Crippen LogP contribution >= 0.6 is 0 Å². The SMILES string of the molecule is Cc1ccc(-c2cccc3c2/C(=C/CNNC(=O)c2cc(O)ccc2O)C(=O)N3)cc1C. The first-order chi connectivity index (χ1) is 15.3. The van der Waals surface area contributed by atoms with E-state index in [1.54, 1.807) is 6.08 Å². The first-order valence-electron chi connectivity index (χ1n) is 10.1. The Hall–Kier alpha value is -4.10. The van der Waals surface area contributed by atoms with Crippen molar-refractivity contribution in [3.05, 3.63) is 82.9 Å². The molecule has 162 valence electrons. The fraction of sp³-hybridized carbons (Fsp3) is 0.120. The molecule has 0 saturated heterocycles. The number of phenolic OH excluding ortho intramolecular Hbond substituents is 2. The molecule has 0 radical (unpaired) electrons. The summed E-state index contributed by atoms with van der Waals surface area (Å²) in [6.45, 7) is 4.29. The molecule has 2 amide bonds. The molecule has 0 unspecified atom stereocenters. The number of carbonyl (C=O) groups excluding carboxylic acids is 2. The second kappa shape index (κ2) is 8.56. The van der Waals surface area contributed by atoms with Crippen molar-refractivity contribution in [1.29, 1.82) is 0 Å². The van der Waals surface area contributed by atoms with Crippen LogP contribution in [0.2, 0.25) is 0 Å². The van der Waals surface area contributed by atoms with Crippen molar-refractivity contribution < 1.29 is 19.8 Å². The summed E-state index contributed by atoms with van der Waals surface area (Å²) >= 11 is 0. The van der Waals surface area contributed by atoms with E-state index in [2.05, 4.69) is 42.1 Å². The lowest BCUT2D eigenvalue weighted by Gasteiger charge is -2.11. The summed E-state index contributed by atoms with van der Waals surface area (Å²) in [5.74, 6) is -1.20. The zero-order valence-corrected chi connectivity index (χ0v) is 17.7. The van der Waals surface area contributed by atoms with Crippen LogP contribution in [0.5, 0.6) is 11.5 Å². The predicted molar refractivity (Wildman–Crippen MR) is 123 cm³/mol. The van der Waals surface area contributed by atoms with Crippen LogP contribution in [0.4, 0.5) is 5.69 Å². The lowest BCUT2D eigenvalue weighted by molar-refractivity contribution is -0.110. The number of anilines is 1. The summed E-state index contributed by atoms with van der Waals surface area (Å²) in [5, 5.41) is 22.2. The molecule has 0 bridgehead atoms. The molecule has 0 fully saturated rings. The van der Waals surface area contributed by atoms with Gasteiger partial charge in [0.1, 0.15) is 11.5 Å². The van der Waals surface area contributed by atoms with E-state index in [0.29, 0.717) is 5.57 Å². The Balaban J connectivity index is 1.54. The molecule has 4 rings (SSSR count). The summed E-state index contributed by atoms with van der Waals surface area (Å²) in [6, 6.07) is 15.6. The molecule has 3 aromatic rings. The van der Waals surface area contributed by atoms with Crippen molar-refractivity contribution in [2.45, 2.75) is 13.8 Å². The van der Waals surface area contributed by atoms with E-state index < -0.39 is 5.91 Å². The largest absolute Gasteiger partial charge is 0.508 e. The van der Waals surface area contributed by atoms with Crippen molar-refractivity contribution in [2.75, 3.05) is 11.9 Å². The van der Waals surface area contributed by atoms with Crippen molar-refractivity contribution in [3.63, 3.8) is 0 Å². The minimum atomic E-state index is -0.608. The maximum Gasteiger partial charge on any atom is 0.269 e. The van der Waals surface area contributed by atoms with Crippen molar-refractivity contribution in [1.82, 2.24) is 10.9 Å². The van der Waals surface area contributed by atoms with Gasteiger partial charge in [0.25, 0.3) is 11.8 Å². The lowest BCUT2D eigenvalue weighted by Crippen LogP contribution is -2.37. The third-order valence-electron chi connectivity index (χ3n) is 5.48. The highest BCUT2D eigenvalue weighted by molar-refractivity contribution is 6.33. The first kappa shape index (κ1) is 21.1. The molecule has 0 aromatic heterocycles.